The van der Waals surface area contributed by atoms with Crippen LogP contribution >= 0.6 is 23.2 Å². The van der Waals surface area contributed by atoms with Crippen LogP contribution < -0.4 is 10.5 Å². The van der Waals surface area contributed by atoms with Crippen molar-refractivity contribution < 1.29 is 14.3 Å². The van der Waals surface area contributed by atoms with E-state index in [-0.39, 0.29) is 23.4 Å². The molecule has 0 bridgehead atoms. The number of anilines is 1. The maximum absolute atomic E-state index is 14.2. The smallest absolute Gasteiger partial charge is 0.410 e. The van der Waals surface area contributed by atoms with E-state index in [9.17, 15) is 14.4 Å². The highest BCUT2D eigenvalue weighted by molar-refractivity contribution is 6.30. The van der Waals surface area contributed by atoms with Crippen molar-refractivity contribution >= 4 is 41.0 Å². The van der Waals surface area contributed by atoms with Gasteiger partial charge in [0, 0.05) is 68.7 Å². The van der Waals surface area contributed by atoms with Gasteiger partial charge in [-0.2, -0.15) is 5.10 Å². The fourth-order valence-electron chi connectivity index (χ4n) is 5.76. The molecule has 2 fully saturated rings. The predicted molar refractivity (Wildman–Crippen MR) is 156 cm³/mol. The second-order valence-electron chi connectivity index (χ2n) is 10.4. The summed E-state index contributed by atoms with van der Waals surface area (Å²) in [5, 5.41) is 5.56. The van der Waals surface area contributed by atoms with Gasteiger partial charge in [-0.15, -0.1) is 0 Å². The number of benzene rings is 1. The van der Waals surface area contributed by atoms with Crippen molar-refractivity contribution in [2.24, 2.45) is 13.0 Å². The molecule has 0 unspecified atom stereocenters. The molecule has 0 radical (unpaired) electrons. The summed E-state index contributed by atoms with van der Waals surface area (Å²) >= 11 is 12.2. The van der Waals surface area contributed by atoms with Crippen LogP contribution in [0.5, 0.6) is 0 Å². The average molecular weight is 600 g/mol. The second kappa shape index (κ2) is 12.5. The lowest BCUT2D eigenvalue weighted by molar-refractivity contribution is -0.136. The normalized spacial score (nSPS) is 21.4. The Morgan fingerprint density at radius 1 is 0.951 bits per heavy atom. The predicted octanol–water partition coefficient (Wildman–Crippen LogP) is 4.13. The van der Waals surface area contributed by atoms with Crippen LogP contribution in [-0.2, 0) is 16.6 Å². The van der Waals surface area contributed by atoms with Gasteiger partial charge < -0.3 is 14.5 Å². The summed E-state index contributed by atoms with van der Waals surface area (Å²) in [7, 11) is 2.97. The number of rotatable bonds is 4. The molecule has 0 spiro atoms. The first-order chi connectivity index (χ1) is 19.7. The van der Waals surface area contributed by atoms with Crippen LogP contribution in [0.3, 0.4) is 0 Å². The molecule has 3 atom stereocenters. The minimum atomic E-state index is -0.435. The molecule has 2 aliphatic rings. The van der Waals surface area contributed by atoms with Crippen molar-refractivity contribution in [1.82, 2.24) is 24.6 Å². The van der Waals surface area contributed by atoms with Crippen LogP contribution in [0.2, 0.25) is 10.0 Å². The first-order valence-electron chi connectivity index (χ1n) is 13.5. The highest BCUT2D eigenvalue weighted by Crippen LogP contribution is 2.36. The van der Waals surface area contributed by atoms with Gasteiger partial charge >= 0.3 is 6.09 Å². The largest absolute Gasteiger partial charge is 0.453 e. The zero-order valence-corrected chi connectivity index (χ0v) is 24.5. The Labute approximate surface area is 248 Å². The topological polar surface area (TPSA) is 101 Å². The molecule has 1 aromatic carbocycles. The van der Waals surface area contributed by atoms with Gasteiger partial charge in [0.1, 0.15) is 5.82 Å². The third-order valence-electron chi connectivity index (χ3n) is 7.91. The Hall–Kier alpha value is -3.63. The highest BCUT2D eigenvalue weighted by atomic mass is 35.5. The van der Waals surface area contributed by atoms with Gasteiger partial charge in [-0.05, 0) is 48.7 Å². The number of hydrogen-bond acceptors (Lipinski definition) is 7. The van der Waals surface area contributed by atoms with E-state index in [1.165, 1.54) is 17.9 Å². The number of pyridine rings is 1. The van der Waals surface area contributed by atoms with Crippen molar-refractivity contribution in [2.45, 2.75) is 24.8 Å². The van der Waals surface area contributed by atoms with Crippen LogP contribution in [-0.4, -0.2) is 76.4 Å². The SMILES string of the molecule is COC(=O)N1CCN(C(=O)[C@@H]2CN(c3ccc(=O)n(C)n3)C[C@H]2c2ccc(Cl)cn2)CCC[C@H]1c1ccc(Cl)cc1. The van der Waals surface area contributed by atoms with Gasteiger partial charge in [0.15, 0.2) is 0 Å². The van der Waals surface area contributed by atoms with Crippen LogP contribution in [0.1, 0.15) is 36.1 Å². The highest BCUT2D eigenvalue weighted by Gasteiger charge is 2.42. The van der Waals surface area contributed by atoms with E-state index in [0.29, 0.717) is 61.4 Å². The van der Waals surface area contributed by atoms with E-state index in [0.717, 1.165) is 11.3 Å². The van der Waals surface area contributed by atoms with Crippen LogP contribution in [0, 0.1) is 5.92 Å². The van der Waals surface area contributed by atoms with Crippen LogP contribution in [0.15, 0.2) is 59.5 Å². The van der Waals surface area contributed by atoms with Gasteiger partial charge in [-0.1, -0.05) is 35.3 Å². The molecule has 41 heavy (non-hydrogen) atoms. The zero-order valence-electron chi connectivity index (χ0n) is 23.0. The summed E-state index contributed by atoms with van der Waals surface area (Å²) in [6, 6.07) is 14.1. The number of halogens is 2. The van der Waals surface area contributed by atoms with Gasteiger partial charge in [0.25, 0.3) is 5.56 Å². The summed E-state index contributed by atoms with van der Waals surface area (Å²) in [4.78, 5) is 49.0. The number of ether oxygens (including phenoxy) is 1. The molecular formula is C29H32Cl2N6O4. The average Bonchev–Trinajstić information content (AvgIpc) is 3.40. The fourth-order valence-corrected chi connectivity index (χ4v) is 5.99. The lowest BCUT2D eigenvalue weighted by Gasteiger charge is -2.37. The van der Waals surface area contributed by atoms with E-state index in [1.54, 1.807) is 30.3 Å². The van der Waals surface area contributed by atoms with Crippen molar-refractivity contribution in [3.05, 3.63) is 86.4 Å². The lowest BCUT2D eigenvalue weighted by Crippen LogP contribution is -2.47. The van der Waals surface area contributed by atoms with Gasteiger partial charge in [-0.3, -0.25) is 19.5 Å². The number of carbonyl (C=O) groups excluding carboxylic acids is 2. The fraction of sp³-hybridized carbons (Fsp3) is 0.414. The molecule has 3 aromatic rings. The summed E-state index contributed by atoms with van der Waals surface area (Å²) in [6.07, 6.45) is 2.53. The second-order valence-corrected chi connectivity index (χ2v) is 11.2. The molecule has 0 N–H and O–H groups in total. The van der Waals surface area contributed by atoms with Gasteiger partial charge in [-0.25, -0.2) is 9.48 Å². The number of nitrogens with zero attached hydrogens (tertiary/aromatic N) is 6. The van der Waals surface area contributed by atoms with Crippen LogP contribution in [0.25, 0.3) is 0 Å². The Morgan fingerprint density at radius 2 is 1.71 bits per heavy atom. The molecular weight excluding hydrogens is 567 g/mol. The van der Waals surface area contributed by atoms with Crippen molar-refractivity contribution in [1.29, 1.82) is 0 Å². The molecule has 2 amide bonds. The van der Waals surface area contributed by atoms with Crippen molar-refractivity contribution in [2.75, 3.05) is 44.7 Å². The van der Waals surface area contributed by atoms with E-state index >= 15 is 0 Å². The maximum Gasteiger partial charge on any atom is 0.410 e. The molecule has 216 valence electrons. The quantitative estimate of drug-likeness (QED) is 0.445. The lowest BCUT2D eigenvalue weighted by atomic mass is 9.90. The summed E-state index contributed by atoms with van der Waals surface area (Å²) in [5.41, 5.74) is 1.54. The number of carbonyl (C=O) groups is 2. The Kier molecular flexibility index (Phi) is 8.79. The number of amides is 2. The molecule has 10 nitrogen and oxygen atoms in total. The van der Waals surface area contributed by atoms with E-state index < -0.39 is 12.0 Å². The van der Waals surface area contributed by atoms with Crippen molar-refractivity contribution in [3.63, 3.8) is 0 Å². The molecule has 5 rings (SSSR count). The first kappa shape index (κ1) is 28.9. The number of aryl methyl sites for hydroxylation is 1. The summed E-state index contributed by atoms with van der Waals surface area (Å²) < 4.78 is 6.41. The monoisotopic (exact) mass is 598 g/mol. The van der Waals surface area contributed by atoms with Gasteiger partial charge in [0.2, 0.25) is 5.91 Å². The maximum atomic E-state index is 14.2. The standard InChI is InChI=1S/C29H32Cl2N6O4/c1-34-27(38)12-11-26(33-34)36-17-22(24-10-9-21(31)16-32-24)23(18-36)28(39)35-13-3-4-25(19-5-7-20(30)8-6-19)37(15-14-35)29(40)41-2/h5-12,16,22-23,25H,3-4,13-15,17-18H2,1-2H3/t22-,23-,25+/m1/s1. The Bertz CT molecular complexity index is 1450. The first-order valence-corrected chi connectivity index (χ1v) is 14.3. The molecule has 2 aromatic heterocycles. The Balaban J connectivity index is 1.39. The number of aromatic nitrogens is 3. The van der Waals surface area contributed by atoms with Gasteiger partial charge in [0.05, 0.1) is 24.1 Å². The number of methoxy groups -OCH3 is 1. The molecule has 2 saturated heterocycles. The molecule has 0 aliphatic carbocycles. The molecule has 12 heteroatoms. The van der Waals surface area contributed by atoms with Crippen LogP contribution in [0.4, 0.5) is 10.6 Å². The summed E-state index contributed by atoms with van der Waals surface area (Å²) in [6.45, 7) is 2.19. The molecule has 0 saturated carbocycles. The van der Waals surface area contributed by atoms with Crippen molar-refractivity contribution in [3.8, 4) is 0 Å². The minimum Gasteiger partial charge on any atom is -0.453 e. The van der Waals surface area contributed by atoms with E-state index in [4.69, 9.17) is 27.9 Å². The Morgan fingerprint density at radius 3 is 2.39 bits per heavy atom. The van der Waals surface area contributed by atoms with E-state index in [2.05, 4.69) is 10.1 Å². The molecule has 4 heterocycles. The molecule has 2 aliphatic heterocycles. The van der Waals surface area contributed by atoms with E-state index in [1.807, 2.05) is 40.1 Å². The summed E-state index contributed by atoms with van der Waals surface area (Å²) in [5.74, 6) is 0.00840. The third-order valence-corrected chi connectivity index (χ3v) is 8.38. The minimum absolute atomic E-state index is 0.00571. The number of hydrogen-bond donors (Lipinski definition) is 0. The third kappa shape index (κ3) is 6.33. The zero-order chi connectivity index (χ0) is 29.1.